The van der Waals surface area contributed by atoms with Crippen LogP contribution in [0.1, 0.15) is 34.6 Å². The fraction of sp³-hybridized carbons (Fsp3) is 0.333. The number of carbonyl (C=O) groups is 1. The minimum atomic E-state index is -4.50. The molecule has 0 bridgehead atoms. The van der Waals surface area contributed by atoms with Crippen molar-refractivity contribution in [3.63, 3.8) is 0 Å². The Morgan fingerprint density at radius 2 is 1.68 bits per heavy atom. The molecule has 2 aliphatic rings. The zero-order chi connectivity index (χ0) is 23.9. The molecule has 5 rings (SSSR count). The molecule has 1 fully saturated rings. The SMILES string of the molecule is O=C(c1cc2n(n1)[C@H](C(F)(F)F)C[C@H](c1ccc(Cl)cc1)N2)N1CCN(c2ccccc2)CC1. The van der Waals surface area contributed by atoms with E-state index in [4.69, 9.17) is 11.6 Å². The normalized spacial score (nSPS) is 20.6. The first kappa shape index (κ1) is 22.6. The number of aromatic nitrogens is 2. The number of rotatable bonds is 3. The predicted molar refractivity (Wildman–Crippen MR) is 124 cm³/mol. The van der Waals surface area contributed by atoms with E-state index in [0.717, 1.165) is 10.4 Å². The van der Waals surface area contributed by atoms with Gasteiger partial charge in [0.25, 0.3) is 5.91 Å². The lowest BCUT2D eigenvalue weighted by molar-refractivity contribution is -0.173. The van der Waals surface area contributed by atoms with Crippen LogP contribution in [-0.4, -0.2) is 52.9 Å². The van der Waals surface area contributed by atoms with E-state index in [1.165, 1.54) is 6.07 Å². The minimum Gasteiger partial charge on any atom is -0.368 e. The van der Waals surface area contributed by atoms with Gasteiger partial charge >= 0.3 is 6.18 Å². The van der Waals surface area contributed by atoms with Crippen molar-refractivity contribution in [3.05, 3.63) is 76.9 Å². The molecule has 178 valence electrons. The van der Waals surface area contributed by atoms with Gasteiger partial charge in [-0.25, -0.2) is 4.68 Å². The Balaban J connectivity index is 1.35. The summed E-state index contributed by atoms with van der Waals surface area (Å²) in [5.41, 5.74) is 1.79. The van der Waals surface area contributed by atoms with Crippen molar-refractivity contribution < 1.29 is 18.0 Å². The second-order valence-corrected chi connectivity index (χ2v) is 8.95. The highest BCUT2D eigenvalue weighted by Crippen LogP contribution is 2.43. The summed E-state index contributed by atoms with van der Waals surface area (Å²) in [5.74, 6) is -0.180. The molecule has 2 aliphatic heterocycles. The predicted octanol–water partition coefficient (Wildman–Crippen LogP) is 5.16. The highest BCUT2D eigenvalue weighted by molar-refractivity contribution is 6.30. The molecular formula is C24H23ClF3N5O. The quantitative estimate of drug-likeness (QED) is 0.552. The summed E-state index contributed by atoms with van der Waals surface area (Å²) >= 11 is 5.93. The van der Waals surface area contributed by atoms with Crippen LogP contribution in [0.25, 0.3) is 0 Å². The Labute approximate surface area is 199 Å². The van der Waals surface area contributed by atoms with E-state index in [-0.39, 0.29) is 23.8 Å². The second-order valence-electron chi connectivity index (χ2n) is 8.52. The summed E-state index contributed by atoms with van der Waals surface area (Å²) < 4.78 is 42.7. The van der Waals surface area contributed by atoms with Crippen LogP contribution in [0.2, 0.25) is 5.02 Å². The number of benzene rings is 2. The van der Waals surface area contributed by atoms with E-state index in [0.29, 0.717) is 36.8 Å². The van der Waals surface area contributed by atoms with Crippen molar-refractivity contribution in [1.82, 2.24) is 14.7 Å². The van der Waals surface area contributed by atoms with Crippen LogP contribution in [0, 0.1) is 0 Å². The third kappa shape index (κ3) is 4.44. The Bertz CT molecular complexity index is 1160. The average molecular weight is 490 g/mol. The Hall–Kier alpha value is -3.20. The van der Waals surface area contributed by atoms with Crippen molar-refractivity contribution in [1.29, 1.82) is 0 Å². The largest absolute Gasteiger partial charge is 0.410 e. The maximum Gasteiger partial charge on any atom is 0.410 e. The molecule has 1 saturated heterocycles. The molecule has 0 unspecified atom stereocenters. The molecule has 3 heterocycles. The number of alkyl halides is 3. The zero-order valence-electron chi connectivity index (χ0n) is 18.2. The lowest BCUT2D eigenvalue weighted by Gasteiger charge is -2.35. The average Bonchev–Trinajstić information content (AvgIpc) is 3.27. The van der Waals surface area contributed by atoms with Crippen molar-refractivity contribution in [2.24, 2.45) is 0 Å². The van der Waals surface area contributed by atoms with Gasteiger partial charge in [0.05, 0.1) is 6.04 Å². The first-order valence-corrected chi connectivity index (χ1v) is 11.4. The van der Waals surface area contributed by atoms with Gasteiger partial charge in [0.1, 0.15) is 5.82 Å². The Morgan fingerprint density at radius 3 is 2.32 bits per heavy atom. The van der Waals surface area contributed by atoms with Crippen LogP contribution in [-0.2, 0) is 0 Å². The number of hydrogen-bond acceptors (Lipinski definition) is 4. The number of nitrogens with zero attached hydrogens (tertiary/aromatic N) is 4. The van der Waals surface area contributed by atoms with Gasteiger partial charge in [-0.15, -0.1) is 0 Å². The van der Waals surface area contributed by atoms with Gasteiger partial charge in [-0.3, -0.25) is 4.79 Å². The summed E-state index contributed by atoms with van der Waals surface area (Å²) in [6, 6.07) is 15.6. The summed E-state index contributed by atoms with van der Waals surface area (Å²) in [6.07, 6.45) is -4.74. The summed E-state index contributed by atoms with van der Waals surface area (Å²) in [5, 5.41) is 7.73. The van der Waals surface area contributed by atoms with Crippen LogP contribution in [0.3, 0.4) is 0 Å². The first-order valence-electron chi connectivity index (χ1n) is 11.1. The molecule has 0 radical (unpaired) electrons. The van der Waals surface area contributed by atoms with Gasteiger partial charge in [-0.1, -0.05) is 41.9 Å². The number of piperazine rings is 1. The number of carbonyl (C=O) groups excluding carboxylic acids is 1. The molecule has 1 amide bonds. The highest BCUT2D eigenvalue weighted by Gasteiger charge is 2.47. The van der Waals surface area contributed by atoms with E-state index in [1.54, 1.807) is 29.2 Å². The number of anilines is 2. The standard InChI is InChI=1S/C24H23ClF3N5O/c25-17-8-6-16(7-9-17)19-14-21(24(26,27)28)33-22(29-19)15-20(30-33)23(34)32-12-10-31(11-13-32)18-4-2-1-3-5-18/h1-9,15,19,21,29H,10-14H2/t19-,21+/m1/s1. The second kappa shape index (κ2) is 8.87. The monoisotopic (exact) mass is 489 g/mol. The highest BCUT2D eigenvalue weighted by atomic mass is 35.5. The number of amides is 1. The Kier molecular flexibility index (Phi) is 5.89. The molecule has 0 spiro atoms. The minimum absolute atomic E-state index is 0.0154. The fourth-order valence-electron chi connectivity index (χ4n) is 4.56. The summed E-state index contributed by atoms with van der Waals surface area (Å²) in [6.45, 7) is 2.23. The molecule has 10 heteroatoms. The molecule has 0 aliphatic carbocycles. The number of nitrogens with one attached hydrogen (secondary N) is 1. The van der Waals surface area contributed by atoms with Crippen LogP contribution < -0.4 is 10.2 Å². The van der Waals surface area contributed by atoms with E-state index in [9.17, 15) is 18.0 Å². The van der Waals surface area contributed by atoms with Crippen LogP contribution in [0.5, 0.6) is 0 Å². The van der Waals surface area contributed by atoms with Crippen molar-refractivity contribution in [3.8, 4) is 0 Å². The van der Waals surface area contributed by atoms with Gasteiger partial charge in [-0.05, 0) is 29.8 Å². The third-order valence-electron chi connectivity index (χ3n) is 6.37. The number of para-hydroxylation sites is 1. The molecule has 1 N–H and O–H groups in total. The van der Waals surface area contributed by atoms with Crippen LogP contribution in [0.4, 0.5) is 24.7 Å². The maximum absolute atomic E-state index is 13.9. The van der Waals surface area contributed by atoms with E-state index in [2.05, 4.69) is 15.3 Å². The van der Waals surface area contributed by atoms with Gasteiger partial charge in [0.2, 0.25) is 0 Å². The topological polar surface area (TPSA) is 53.4 Å². The lowest BCUT2D eigenvalue weighted by Crippen LogP contribution is -2.49. The van der Waals surface area contributed by atoms with Gasteiger partial charge < -0.3 is 15.1 Å². The molecule has 6 nitrogen and oxygen atoms in total. The van der Waals surface area contributed by atoms with Crippen molar-refractivity contribution in [2.75, 3.05) is 36.4 Å². The molecule has 1 aromatic heterocycles. The molecule has 3 aromatic rings. The van der Waals surface area contributed by atoms with Gasteiger partial charge in [-0.2, -0.15) is 18.3 Å². The molecule has 2 aromatic carbocycles. The van der Waals surface area contributed by atoms with Crippen LogP contribution in [0.15, 0.2) is 60.7 Å². The number of halogens is 4. The Morgan fingerprint density at radius 1 is 1.00 bits per heavy atom. The summed E-state index contributed by atoms with van der Waals surface area (Å²) in [4.78, 5) is 16.9. The van der Waals surface area contributed by atoms with Gasteiger partial charge in [0, 0.05) is 49.4 Å². The number of fused-ring (bicyclic) bond motifs is 1. The molecule has 0 saturated carbocycles. The van der Waals surface area contributed by atoms with E-state index in [1.807, 2.05) is 30.3 Å². The number of hydrogen-bond donors (Lipinski definition) is 1. The van der Waals surface area contributed by atoms with Crippen molar-refractivity contribution >= 4 is 29.0 Å². The van der Waals surface area contributed by atoms with Crippen molar-refractivity contribution in [2.45, 2.75) is 24.7 Å². The zero-order valence-corrected chi connectivity index (χ0v) is 18.9. The molecule has 2 atom stereocenters. The van der Waals surface area contributed by atoms with E-state index < -0.39 is 18.3 Å². The van der Waals surface area contributed by atoms with Gasteiger partial charge in [0.15, 0.2) is 11.7 Å². The molecular weight excluding hydrogens is 467 g/mol. The van der Waals surface area contributed by atoms with Crippen LogP contribution >= 0.6 is 11.6 Å². The van der Waals surface area contributed by atoms with E-state index >= 15 is 0 Å². The third-order valence-corrected chi connectivity index (χ3v) is 6.62. The fourth-order valence-corrected chi connectivity index (χ4v) is 4.69. The smallest absolute Gasteiger partial charge is 0.368 e. The molecule has 34 heavy (non-hydrogen) atoms. The maximum atomic E-state index is 13.9. The summed E-state index contributed by atoms with van der Waals surface area (Å²) in [7, 11) is 0. The first-order chi connectivity index (χ1) is 16.3. The lowest BCUT2D eigenvalue weighted by atomic mass is 9.97.